The summed E-state index contributed by atoms with van der Waals surface area (Å²) in [5.74, 6) is 0. The minimum Gasteiger partial charge on any atom is -0.293 e. The third-order valence-electron chi connectivity index (χ3n) is 4.72. The molecule has 0 aliphatic rings. The zero-order valence-corrected chi connectivity index (χ0v) is 15.5. The highest BCUT2D eigenvalue weighted by Gasteiger charge is 2.16. The number of aromatic nitrogens is 2. The summed E-state index contributed by atoms with van der Waals surface area (Å²) < 4.78 is 3.33. The van der Waals surface area contributed by atoms with Crippen LogP contribution in [0.25, 0.3) is 38.8 Å². The summed E-state index contributed by atoms with van der Waals surface area (Å²) in [5, 5.41) is 2.39. The largest absolute Gasteiger partial charge is 0.293 e. The fourth-order valence-corrected chi connectivity index (χ4v) is 3.95. The average molecular weight is 399 g/mol. The Morgan fingerprint density at radius 2 is 1.50 bits per heavy atom. The predicted molar refractivity (Wildman–Crippen MR) is 112 cm³/mol. The van der Waals surface area contributed by atoms with Gasteiger partial charge in [-0.3, -0.25) is 4.57 Å². The van der Waals surface area contributed by atoms with Crippen LogP contribution in [0.4, 0.5) is 0 Å². The van der Waals surface area contributed by atoms with Gasteiger partial charge in [-0.2, -0.15) is 0 Å². The van der Waals surface area contributed by atoms with Gasteiger partial charge >= 0.3 is 0 Å². The Morgan fingerprint density at radius 1 is 0.731 bits per heavy atom. The van der Waals surface area contributed by atoms with Gasteiger partial charge in [-0.05, 0) is 42.0 Å². The molecule has 2 heterocycles. The second-order valence-electron chi connectivity index (χ2n) is 6.25. The van der Waals surface area contributed by atoms with Crippen molar-refractivity contribution in [3.63, 3.8) is 0 Å². The minimum atomic E-state index is 0.980. The third-order valence-corrected chi connectivity index (χ3v) is 5.21. The van der Waals surface area contributed by atoms with E-state index in [-0.39, 0.29) is 0 Å². The first-order valence-electron chi connectivity index (χ1n) is 8.52. The van der Waals surface area contributed by atoms with Crippen molar-refractivity contribution in [2.45, 2.75) is 0 Å². The van der Waals surface area contributed by atoms with Gasteiger partial charge in [0.2, 0.25) is 0 Å². The van der Waals surface area contributed by atoms with Crippen molar-refractivity contribution in [2.24, 2.45) is 0 Å². The maximum atomic E-state index is 4.70. The Balaban J connectivity index is 1.92. The molecule has 124 valence electrons. The van der Waals surface area contributed by atoms with Crippen molar-refractivity contribution in [3.8, 4) is 16.8 Å². The second-order valence-corrected chi connectivity index (χ2v) is 7.17. The SMILES string of the molecule is Brc1ccc(-n2c3ccccc3c3cccnc32)c(-c2ccccc2)c1. The van der Waals surface area contributed by atoms with Crippen molar-refractivity contribution in [1.82, 2.24) is 9.55 Å². The molecule has 3 aromatic carbocycles. The van der Waals surface area contributed by atoms with Crippen molar-refractivity contribution < 1.29 is 0 Å². The van der Waals surface area contributed by atoms with Gasteiger partial charge in [0.15, 0.2) is 0 Å². The molecule has 0 aliphatic carbocycles. The van der Waals surface area contributed by atoms with E-state index in [0.717, 1.165) is 15.8 Å². The number of pyridine rings is 1. The molecular weight excluding hydrogens is 384 g/mol. The first kappa shape index (κ1) is 15.4. The van der Waals surface area contributed by atoms with E-state index in [2.05, 4.69) is 93.3 Å². The van der Waals surface area contributed by atoms with Crippen molar-refractivity contribution in [1.29, 1.82) is 0 Å². The van der Waals surface area contributed by atoms with Gasteiger partial charge in [-0.25, -0.2) is 4.98 Å². The summed E-state index contributed by atoms with van der Waals surface area (Å²) in [5.41, 5.74) is 5.64. The minimum absolute atomic E-state index is 0.980. The number of hydrogen-bond donors (Lipinski definition) is 0. The lowest BCUT2D eigenvalue weighted by Gasteiger charge is -2.14. The summed E-state index contributed by atoms with van der Waals surface area (Å²) in [6.07, 6.45) is 1.86. The first-order valence-corrected chi connectivity index (χ1v) is 9.32. The van der Waals surface area contributed by atoms with E-state index in [0.29, 0.717) is 0 Å². The lowest BCUT2D eigenvalue weighted by Crippen LogP contribution is -1.98. The van der Waals surface area contributed by atoms with Crippen molar-refractivity contribution in [2.75, 3.05) is 0 Å². The van der Waals surface area contributed by atoms with Crippen LogP contribution in [-0.2, 0) is 0 Å². The number of benzene rings is 3. The van der Waals surface area contributed by atoms with E-state index in [1.165, 1.54) is 27.4 Å². The molecule has 0 saturated carbocycles. The van der Waals surface area contributed by atoms with Gasteiger partial charge in [0.05, 0.1) is 11.2 Å². The van der Waals surface area contributed by atoms with Gasteiger partial charge in [-0.1, -0.05) is 64.5 Å². The number of rotatable bonds is 2. The van der Waals surface area contributed by atoms with Gasteiger partial charge in [0.1, 0.15) is 5.65 Å². The number of para-hydroxylation sites is 1. The van der Waals surface area contributed by atoms with Crippen LogP contribution in [0.5, 0.6) is 0 Å². The summed E-state index contributed by atoms with van der Waals surface area (Å²) in [7, 11) is 0. The van der Waals surface area contributed by atoms with E-state index in [1.54, 1.807) is 0 Å². The van der Waals surface area contributed by atoms with Gasteiger partial charge in [-0.15, -0.1) is 0 Å². The van der Waals surface area contributed by atoms with Gasteiger partial charge in [0.25, 0.3) is 0 Å². The number of hydrogen-bond acceptors (Lipinski definition) is 1. The standard InChI is InChI=1S/C23H15BrN2/c24-17-12-13-22(20(15-17)16-7-2-1-3-8-16)26-21-11-5-4-9-18(21)19-10-6-14-25-23(19)26/h1-15H. The second kappa shape index (κ2) is 6.11. The normalized spacial score (nSPS) is 11.3. The van der Waals surface area contributed by atoms with Crippen LogP contribution >= 0.6 is 15.9 Å². The van der Waals surface area contributed by atoms with Gasteiger partial charge < -0.3 is 0 Å². The molecule has 0 bridgehead atoms. The lowest BCUT2D eigenvalue weighted by atomic mass is 10.0. The van der Waals surface area contributed by atoms with E-state index >= 15 is 0 Å². The van der Waals surface area contributed by atoms with Crippen LogP contribution in [0.15, 0.2) is 95.6 Å². The lowest BCUT2D eigenvalue weighted by molar-refractivity contribution is 1.14. The van der Waals surface area contributed by atoms with Crippen LogP contribution in [0.2, 0.25) is 0 Å². The molecule has 5 aromatic rings. The van der Waals surface area contributed by atoms with E-state index in [1.807, 2.05) is 18.3 Å². The summed E-state index contributed by atoms with van der Waals surface area (Å²) in [6, 6.07) is 29.5. The molecule has 26 heavy (non-hydrogen) atoms. The molecule has 0 N–H and O–H groups in total. The molecule has 5 rings (SSSR count). The number of halogens is 1. The highest BCUT2D eigenvalue weighted by Crippen LogP contribution is 2.36. The van der Waals surface area contributed by atoms with E-state index in [4.69, 9.17) is 4.98 Å². The number of fused-ring (bicyclic) bond motifs is 3. The predicted octanol–water partition coefficient (Wildman–Crippen LogP) is 6.61. The van der Waals surface area contributed by atoms with Gasteiger partial charge in [0, 0.05) is 27.0 Å². The Kier molecular flexibility index (Phi) is 3.61. The number of nitrogens with zero attached hydrogens (tertiary/aromatic N) is 2. The Morgan fingerprint density at radius 3 is 2.38 bits per heavy atom. The smallest absolute Gasteiger partial charge is 0.145 e. The molecule has 3 heteroatoms. The maximum absolute atomic E-state index is 4.70. The average Bonchev–Trinajstić information content (AvgIpc) is 3.03. The monoisotopic (exact) mass is 398 g/mol. The highest BCUT2D eigenvalue weighted by molar-refractivity contribution is 9.10. The quantitative estimate of drug-likeness (QED) is 0.327. The third kappa shape index (κ3) is 2.36. The first-order chi connectivity index (χ1) is 12.8. The molecule has 0 amide bonds. The maximum Gasteiger partial charge on any atom is 0.145 e. The van der Waals surface area contributed by atoms with Crippen LogP contribution in [0, 0.1) is 0 Å². The summed E-state index contributed by atoms with van der Waals surface area (Å²) in [4.78, 5) is 4.70. The van der Waals surface area contributed by atoms with Crippen LogP contribution in [0.1, 0.15) is 0 Å². The molecule has 0 atom stereocenters. The van der Waals surface area contributed by atoms with Crippen LogP contribution in [0.3, 0.4) is 0 Å². The van der Waals surface area contributed by atoms with Crippen LogP contribution < -0.4 is 0 Å². The molecule has 2 nitrogen and oxygen atoms in total. The zero-order chi connectivity index (χ0) is 17.5. The van der Waals surface area contributed by atoms with E-state index < -0.39 is 0 Å². The zero-order valence-electron chi connectivity index (χ0n) is 13.9. The van der Waals surface area contributed by atoms with E-state index in [9.17, 15) is 0 Å². The summed E-state index contributed by atoms with van der Waals surface area (Å²) in [6.45, 7) is 0. The Hall–Kier alpha value is -2.91. The Labute approximate surface area is 159 Å². The molecule has 0 spiro atoms. The molecule has 0 aliphatic heterocycles. The molecule has 0 unspecified atom stereocenters. The fourth-order valence-electron chi connectivity index (χ4n) is 3.59. The Bertz CT molecular complexity index is 1190. The van der Waals surface area contributed by atoms with Crippen LogP contribution in [-0.4, -0.2) is 9.55 Å². The van der Waals surface area contributed by atoms with Crippen molar-refractivity contribution >= 4 is 37.9 Å². The fraction of sp³-hybridized carbons (Fsp3) is 0. The topological polar surface area (TPSA) is 17.8 Å². The molecular formula is C23H15BrN2. The van der Waals surface area contributed by atoms with Crippen molar-refractivity contribution in [3.05, 3.63) is 95.6 Å². The molecule has 0 radical (unpaired) electrons. The molecule has 2 aromatic heterocycles. The molecule has 0 saturated heterocycles. The summed E-state index contributed by atoms with van der Waals surface area (Å²) >= 11 is 3.63. The highest BCUT2D eigenvalue weighted by atomic mass is 79.9. The molecule has 0 fully saturated rings.